The van der Waals surface area contributed by atoms with Crippen molar-refractivity contribution in [3.8, 4) is 5.75 Å². The topological polar surface area (TPSA) is 93.8 Å². The molecule has 156 valence electrons. The standard InChI is InChI=1S/C23H25N3O4/c1-23-13-5-4-7-19(23)21(23)22(27)25-24-14-17-6-2-3-8-20(17)30-15-16-9-11-18(12-10-16)26(28)29/h2-3,6,8-12,14,19,21H,4-5,7,13,15H2,1H3,(H,25,27)/b24-14-/t19-,21-,23-/m0/s1. The molecule has 3 atom stereocenters. The normalized spacial score (nSPS) is 24.8. The molecule has 0 aliphatic heterocycles. The number of hydrogen-bond acceptors (Lipinski definition) is 5. The van der Waals surface area contributed by atoms with Gasteiger partial charge in [-0.15, -0.1) is 0 Å². The Bertz CT molecular complexity index is 973. The van der Waals surface area contributed by atoms with Gasteiger partial charge >= 0.3 is 0 Å². The number of nitro benzene ring substituents is 1. The fourth-order valence-electron chi connectivity index (χ4n) is 4.68. The van der Waals surface area contributed by atoms with Gasteiger partial charge in [0.1, 0.15) is 12.4 Å². The number of rotatable bonds is 7. The molecule has 0 bridgehead atoms. The Balaban J connectivity index is 1.35. The molecule has 30 heavy (non-hydrogen) atoms. The predicted molar refractivity (Wildman–Crippen MR) is 113 cm³/mol. The molecule has 7 nitrogen and oxygen atoms in total. The summed E-state index contributed by atoms with van der Waals surface area (Å²) in [5.74, 6) is 1.20. The summed E-state index contributed by atoms with van der Waals surface area (Å²) in [6.07, 6.45) is 6.28. The van der Waals surface area contributed by atoms with E-state index < -0.39 is 4.92 Å². The number of nitrogens with one attached hydrogen (secondary N) is 1. The zero-order chi connectivity index (χ0) is 21.1. The first kappa shape index (κ1) is 20.1. The zero-order valence-electron chi connectivity index (χ0n) is 16.9. The van der Waals surface area contributed by atoms with Crippen LogP contribution in [0.25, 0.3) is 0 Å². The number of benzene rings is 2. The van der Waals surface area contributed by atoms with Gasteiger partial charge in [-0.25, -0.2) is 5.43 Å². The molecule has 2 aliphatic rings. The minimum absolute atomic E-state index is 0.00456. The molecule has 0 spiro atoms. The minimum Gasteiger partial charge on any atom is -0.488 e. The SMILES string of the molecule is C[C@]12CCCC[C@H]1[C@H]2C(=O)N/N=C\c1ccccc1OCc1ccc([N+](=O)[O-])cc1. The van der Waals surface area contributed by atoms with Crippen LogP contribution in [-0.2, 0) is 11.4 Å². The molecule has 0 unspecified atom stereocenters. The van der Waals surface area contributed by atoms with Crippen molar-refractivity contribution in [1.82, 2.24) is 5.43 Å². The second kappa shape index (κ2) is 8.26. The zero-order valence-corrected chi connectivity index (χ0v) is 16.9. The van der Waals surface area contributed by atoms with Gasteiger partial charge in [-0.05, 0) is 54.0 Å². The van der Waals surface area contributed by atoms with E-state index in [1.165, 1.54) is 25.0 Å². The number of ether oxygens (including phenoxy) is 1. The minimum atomic E-state index is -0.429. The number of para-hydroxylation sites is 1. The molecule has 2 aliphatic carbocycles. The van der Waals surface area contributed by atoms with E-state index >= 15 is 0 Å². The van der Waals surface area contributed by atoms with Gasteiger partial charge in [-0.2, -0.15) is 5.10 Å². The van der Waals surface area contributed by atoms with Crippen molar-refractivity contribution in [2.75, 3.05) is 0 Å². The second-order valence-electron chi connectivity index (χ2n) is 8.32. The fourth-order valence-corrected chi connectivity index (χ4v) is 4.68. The number of fused-ring (bicyclic) bond motifs is 1. The molecule has 1 N–H and O–H groups in total. The predicted octanol–water partition coefficient (Wildman–Crippen LogP) is 4.45. The first-order chi connectivity index (χ1) is 14.5. The third-order valence-corrected chi connectivity index (χ3v) is 6.45. The van der Waals surface area contributed by atoms with Gasteiger partial charge in [0.15, 0.2) is 0 Å². The Morgan fingerprint density at radius 3 is 2.73 bits per heavy atom. The average molecular weight is 407 g/mol. The smallest absolute Gasteiger partial charge is 0.269 e. The Morgan fingerprint density at radius 2 is 2.03 bits per heavy atom. The maximum absolute atomic E-state index is 12.5. The van der Waals surface area contributed by atoms with E-state index in [1.54, 1.807) is 18.3 Å². The number of nitro groups is 1. The molecule has 0 aromatic heterocycles. The maximum Gasteiger partial charge on any atom is 0.269 e. The van der Waals surface area contributed by atoms with Crippen molar-refractivity contribution in [2.45, 2.75) is 39.2 Å². The number of nitrogens with zero attached hydrogens (tertiary/aromatic N) is 2. The monoisotopic (exact) mass is 407 g/mol. The van der Waals surface area contributed by atoms with Crippen LogP contribution in [0.15, 0.2) is 53.6 Å². The Hall–Kier alpha value is -3.22. The van der Waals surface area contributed by atoms with Gasteiger partial charge in [0.25, 0.3) is 5.69 Å². The number of carbonyl (C=O) groups excluding carboxylic acids is 1. The van der Waals surface area contributed by atoms with Crippen LogP contribution in [0.3, 0.4) is 0 Å². The molecule has 7 heteroatoms. The number of hydrazone groups is 1. The molecular formula is C23H25N3O4. The van der Waals surface area contributed by atoms with Crippen LogP contribution in [0.2, 0.25) is 0 Å². The van der Waals surface area contributed by atoms with Gasteiger partial charge in [0.05, 0.1) is 11.1 Å². The lowest BCUT2D eigenvalue weighted by atomic mass is 9.90. The molecule has 2 aromatic rings. The molecule has 0 saturated heterocycles. The Morgan fingerprint density at radius 1 is 1.27 bits per heavy atom. The van der Waals surface area contributed by atoms with E-state index in [1.807, 2.05) is 24.3 Å². The molecule has 2 fully saturated rings. The largest absolute Gasteiger partial charge is 0.488 e. The van der Waals surface area contributed by atoms with Gasteiger partial charge in [0.2, 0.25) is 5.91 Å². The number of hydrogen-bond donors (Lipinski definition) is 1. The highest BCUT2D eigenvalue weighted by atomic mass is 16.6. The van der Waals surface area contributed by atoms with Crippen molar-refractivity contribution in [3.63, 3.8) is 0 Å². The fraction of sp³-hybridized carbons (Fsp3) is 0.391. The summed E-state index contributed by atoms with van der Waals surface area (Å²) in [4.78, 5) is 22.9. The van der Waals surface area contributed by atoms with Gasteiger partial charge < -0.3 is 4.74 Å². The van der Waals surface area contributed by atoms with Gasteiger partial charge in [-0.1, -0.05) is 31.9 Å². The van der Waals surface area contributed by atoms with E-state index in [0.29, 0.717) is 11.7 Å². The van der Waals surface area contributed by atoms with Crippen LogP contribution in [-0.4, -0.2) is 17.0 Å². The molecular weight excluding hydrogens is 382 g/mol. The van der Waals surface area contributed by atoms with Crippen molar-refractivity contribution >= 4 is 17.8 Å². The summed E-state index contributed by atoms with van der Waals surface area (Å²) in [6, 6.07) is 13.7. The van der Waals surface area contributed by atoms with Gasteiger partial charge in [0, 0.05) is 23.6 Å². The summed E-state index contributed by atoms with van der Waals surface area (Å²) in [5, 5.41) is 14.9. The van der Waals surface area contributed by atoms with E-state index in [4.69, 9.17) is 4.74 Å². The van der Waals surface area contributed by atoms with Crippen molar-refractivity contribution < 1.29 is 14.5 Å². The third-order valence-electron chi connectivity index (χ3n) is 6.45. The quantitative estimate of drug-likeness (QED) is 0.417. The number of amides is 1. The first-order valence-electron chi connectivity index (χ1n) is 10.3. The van der Waals surface area contributed by atoms with Crippen LogP contribution in [0.4, 0.5) is 5.69 Å². The molecule has 0 heterocycles. The van der Waals surface area contributed by atoms with Crippen molar-refractivity contribution in [2.24, 2.45) is 22.4 Å². The Kier molecular flexibility index (Phi) is 5.53. The number of non-ortho nitro benzene ring substituents is 1. The second-order valence-corrected chi connectivity index (χ2v) is 8.32. The van der Waals surface area contributed by atoms with Crippen molar-refractivity contribution in [3.05, 3.63) is 69.8 Å². The lowest BCUT2D eigenvalue weighted by molar-refractivity contribution is -0.384. The van der Waals surface area contributed by atoms with E-state index in [0.717, 1.165) is 24.0 Å². The average Bonchev–Trinajstić information content (AvgIpc) is 3.38. The molecule has 2 aromatic carbocycles. The lowest BCUT2D eigenvalue weighted by Gasteiger charge is -2.15. The molecule has 4 rings (SSSR count). The first-order valence-corrected chi connectivity index (χ1v) is 10.3. The third kappa shape index (κ3) is 4.06. The summed E-state index contributed by atoms with van der Waals surface area (Å²) in [6.45, 7) is 2.49. The summed E-state index contributed by atoms with van der Waals surface area (Å²) in [5.41, 5.74) is 4.48. The van der Waals surface area contributed by atoms with E-state index in [9.17, 15) is 14.9 Å². The summed E-state index contributed by atoms with van der Waals surface area (Å²) >= 11 is 0. The lowest BCUT2D eigenvalue weighted by Crippen LogP contribution is -2.22. The van der Waals surface area contributed by atoms with Crippen molar-refractivity contribution in [1.29, 1.82) is 0 Å². The Labute approximate surface area is 175 Å². The van der Waals surface area contributed by atoms with Crippen LogP contribution in [0.1, 0.15) is 43.7 Å². The van der Waals surface area contributed by atoms with Crippen LogP contribution >= 0.6 is 0 Å². The molecule has 0 radical (unpaired) electrons. The highest BCUT2D eigenvalue weighted by Crippen LogP contribution is 2.66. The summed E-state index contributed by atoms with van der Waals surface area (Å²) in [7, 11) is 0. The highest BCUT2D eigenvalue weighted by Gasteiger charge is 2.64. The van der Waals surface area contributed by atoms with E-state index in [2.05, 4.69) is 17.5 Å². The molecule has 2 saturated carbocycles. The molecule has 1 amide bonds. The van der Waals surface area contributed by atoms with Gasteiger partial charge in [-0.3, -0.25) is 14.9 Å². The highest BCUT2D eigenvalue weighted by molar-refractivity contribution is 5.87. The van der Waals surface area contributed by atoms with Crippen LogP contribution in [0, 0.1) is 27.4 Å². The number of carbonyl (C=O) groups is 1. The van der Waals surface area contributed by atoms with Crippen LogP contribution < -0.4 is 10.2 Å². The maximum atomic E-state index is 12.5. The van der Waals surface area contributed by atoms with E-state index in [-0.39, 0.29) is 29.5 Å². The summed E-state index contributed by atoms with van der Waals surface area (Å²) < 4.78 is 5.86. The van der Waals surface area contributed by atoms with Crippen LogP contribution in [0.5, 0.6) is 5.75 Å².